The number of anilines is 1. The molecule has 34 heavy (non-hydrogen) atoms. The smallest absolute Gasteiger partial charge is 0.263 e. The highest BCUT2D eigenvalue weighted by molar-refractivity contribution is 7.92. The van der Waals surface area contributed by atoms with Crippen LogP contribution in [0.3, 0.4) is 0 Å². The first kappa shape index (κ1) is 23.9. The number of nitrogens with one attached hydrogen (secondary N) is 1. The predicted molar refractivity (Wildman–Crippen MR) is 133 cm³/mol. The third-order valence-electron chi connectivity index (χ3n) is 4.99. The predicted octanol–water partition coefficient (Wildman–Crippen LogP) is 5.84. The Labute approximate surface area is 207 Å². The van der Waals surface area contributed by atoms with Crippen LogP contribution in [-0.4, -0.2) is 23.4 Å². The number of aromatic nitrogens is 3. The van der Waals surface area contributed by atoms with Gasteiger partial charge in [-0.05, 0) is 49.7 Å². The summed E-state index contributed by atoms with van der Waals surface area (Å²) in [4.78, 5) is 13.0. The number of hydrogen-bond donors (Lipinski definition) is 1. The van der Waals surface area contributed by atoms with E-state index in [2.05, 4.69) is 19.7 Å². The van der Waals surface area contributed by atoms with Crippen LogP contribution in [0.15, 0.2) is 72.0 Å². The van der Waals surface area contributed by atoms with Crippen molar-refractivity contribution in [2.75, 3.05) is 4.72 Å². The second-order valence-electron chi connectivity index (χ2n) is 7.54. The van der Waals surface area contributed by atoms with Crippen molar-refractivity contribution in [3.63, 3.8) is 0 Å². The van der Waals surface area contributed by atoms with Gasteiger partial charge in [-0.2, -0.15) is 0 Å². The maximum Gasteiger partial charge on any atom is 0.263 e. The van der Waals surface area contributed by atoms with Crippen LogP contribution in [0.5, 0.6) is 5.88 Å². The van der Waals surface area contributed by atoms with Crippen LogP contribution in [0.4, 0.5) is 5.82 Å². The second-order valence-corrected chi connectivity index (χ2v) is 10.1. The molecule has 2 aromatic heterocycles. The SMILES string of the molecule is Cc1ccc(S(=O)(=O)Nc2ncc(-c3cc(Cl)cc(Cl)c3C)nc2OCc2cccnc2)cc1. The highest BCUT2D eigenvalue weighted by Gasteiger charge is 2.20. The third-order valence-corrected chi connectivity index (χ3v) is 6.95. The molecular formula is C24H20Cl2N4O3S. The molecule has 174 valence electrons. The van der Waals surface area contributed by atoms with Crippen LogP contribution in [0, 0.1) is 13.8 Å². The zero-order valence-electron chi connectivity index (χ0n) is 18.3. The largest absolute Gasteiger partial charge is 0.470 e. The van der Waals surface area contributed by atoms with E-state index in [9.17, 15) is 8.42 Å². The molecule has 0 aliphatic rings. The van der Waals surface area contributed by atoms with Crippen molar-refractivity contribution in [1.82, 2.24) is 15.0 Å². The van der Waals surface area contributed by atoms with E-state index in [4.69, 9.17) is 27.9 Å². The van der Waals surface area contributed by atoms with Gasteiger partial charge in [-0.25, -0.2) is 18.4 Å². The van der Waals surface area contributed by atoms with Crippen LogP contribution >= 0.6 is 23.2 Å². The van der Waals surface area contributed by atoms with E-state index in [1.807, 2.05) is 19.9 Å². The molecule has 1 N–H and O–H groups in total. The lowest BCUT2D eigenvalue weighted by Crippen LogP contribution is -2.16. The van der Waals surface area contributed by atoms with E-state index in [1.165, 1.54) is 18.3 Å². The fourth-order valence-corrected chi connectivity index (χ4v) is 4.62. The molecule has 4 rings (SSSR count). The van der Waals surface area contributed by atoms with Crippen LogP contribution in [0.25, 0.3) is 11.3 Å². The average molecular weight is 515 g/mol. The number of benzene rings is 2. The van der Waals surface area contributed by atoms with Gasteiger partial charge in [0.2, 0.25) is 5.82 Å². The summed E-state index contributed by atoms with van der Waals surface area (Å²) in [5.74, 6) is -0.0356. The van der Waals surface area contributed by atoms with E-state index >= 15 is 0 Å². The van der Waals surface area contributed by atoms with E-state index < -0.39 is 10.0 Å². The minimum Gasteiger partial charge on any atom is -0.470 e. The molecule has 0 radical (unpaired) electrons. The van der Waals surface area contributed by atoms with Gasteiger partial charge in [0.25, 0.3) is 15.9 Å². The van der Waals surface area contributed by atoms with Crippen molar-refractivity contribution < 1.29 is 13.2 Å². The van der Waals surface area contributed by atoms with E-state index in [1.54, 1.807) is 42.7 Å². The molecule has 0 bridgehead atoms. The molecule has 0 aliphatic heterocycles. The minimum absolute atomic E-state index is 0.00698. The first-order chi connectivity index (χ1) is 16.2. The van der Waals surface area contributed by atoms with E-state index in [0.717, 1.165) is 16.7 Å². The molecule has 0 unspecified atom stereocenters. The number of rotatable bonds is 7. The summed E-state index contributed by atoms with van der Waals surface area (Å²) in [6, 6.07) is 13.4. The van der Waals surface area contributed by atoms with Crippen LogP contribution in [-0.2, 0) is 16.6 Å². The third kappa shape index (κ3) is 5.47. The van der Waals surface area contributed by atoms with Gasteiger partial charge in [0.05, 0.1) is 16.8 Å². The normalized spacial score (nSPS) is 11.3. The molecule has 2 heterocycles. The van der Waals surface area contributed by atoms with Crippen molar-refractivity contribution in [2.45, 2.75) is 25.3 Å². The molecule has 7 nitrogen and oxygen atoms in total. The number of ether oxygens (including phenoxy) is 1. The molecule has 4 aromatic rings. The van der Waals surface area contributed by atoms with E-state index in [0.29, 0.717) is 21.3 Å². The molecule has 0 atom stereocenters. The number of pyridine rings is 1. The van der Waals surface area contributed by atoms with Gasteiger partial charge in [-0.3, -0.25) is 9.71 Å². The maximum absolute atomic E-state index is 13.0. The zero-order chi connectivity index (χ0) is 24.3. The molecule has 2 aromatic carbocycles. The van der Waals surface area contributed by atoms with Crippen molar-refractivity contribution in [2.24, 2.45) is 0 Å². The van der Waals surface area contributed by atoms with Crippen LogP contribution in [0.1, 0.15) is 16.7 Å². The summed E-state index contributed by atoms with van der Waals surface area (Å²) in [5.41, 5.74) is 3.57. The van der Waals surface area contributed by atoms with Gasteiger partial charge in [0.1, 0.15) is 6.61 Å². The lowest BCUT2D eigenvalue weighted by Gasteiger charge is -2.14. The molecule has 0 saturated carbocycles. The van der Waals surface area contributed by atoms with Gasteiger partial charge in [0.15, 0.2) is 0 Å². The first-order valence-corrected chi connectivity index (χ1v) is 12.4. The van der Waals surface area contributed by atoms with Crippen LogP contribution in [0.2, 0.25) is 10.0 Å². The number of halogens is 2. The van der Waals surface area contributed by atoms with Gasteiger partial charge >= 0.3 is 0 Å². The van der Waals surface area contributed by atoms with Gasteiger partial charge in [-0.15, -0.1) is 0 Å². The highest BCUT2D eigenvalue weighted by Crippen LogP contribution is 2.33. The van der Waals surface area contributed by atoms with Crippen molar-refractivity contribution in [3.05, 3.63) is 93.9 Å². The van der Waals surface area contributed by atoms with Gasteiger partial charge in [0, 0.05) is 33.6 Å². The minimum atomic E-state index is -3.92. The Morgan fingerprint density at radius 2 is 1.79 bits per heavy atom. The van der Waals surface area contributed by atoms with Crippen LogP contribution < -0.4 is 9.46 Å². The fraction of sp³-hybridized carbons (Fsp3) is 0.125. The molecule has 0 aliphatic carbocycles. The average Bonchev–Trinajstić information content (AvgIpc) is 2.81. The lowest BCUT2D eigenvalue weighted by molar-refractivity contribution is 0.294. The Morgan fingerprint density at radius 3 is 2.50 bits per heavy atom. The summed E-state index contributed by atoms with van der Waals surface area (Å²) in [7, 11) is -3.92. The first-order valence-electron chi connectivity index (χ1n) is 10.2. The topological polar surface area (TPSA) is 94.1 Å². The second kappa shape index (κ2) is 9.97. The van der Waals surface area contributed by atoms with E-state index in [-0.39, 0.29) is 23.2 Å². The van der Waals surface area contributed by atoms with Gasteiger partial charge in [-0.1, -0.05) is 47.0 Å². The molecular weight excluding hydrogens is 495 g/mol. The quantitative estimate of drug-likeness (QED) is 0.332. The number of hydrogen-bond acceptors (Lipinski definition) is 6. The Balaban J connectivity index is 1.74. The lowest BCUT2D eigenvalue weighted by atomic mass is 10.1. The Bertz CT molecular complexity index is 1430. The van der Waals surface area contributed by atoms with Crippen molar-refractivity contribution in [1.29, 1.82) is 0 Å². The molecule has 0 spiro atoms. The Morgan fingerprint density at radius 1 is 1.03 bits per heavy atom. The maximum atomic E-state index is 13.0. The number of aryl methyl sites for hydroxylation is 1. The molecule has 0 fully saturated rings. The molecule has 10 heteroatoms. The molecule has 0 saturated heterocycles. The Kier molecular flexibility index (Phi) is 7.02. The van der Waals surface area contributed by atoms with Crippen molar-refractivity contribution in [3.8, 4) is 17.1 Å². The van der Waals surface area contributed by atoms with Crippen molar-refractivity contribution >= 4 is 39.0 Å². The summed E-state index contributed by atoms with van der Waals surface area (Å²) >= 11 is 12.5. The number of nitrogens with zero attached hydrogens (tertiary/aromatic N) is 3. The summed E-state index contributed by atoms with van der Waals surface area (Å²) < 4.78 is 34.3. The summed E-state index contributed by atoms with van der Waals surface area (Å²) in [6.07, 6.45) is 4.74. The fourth-order valence-electron chi connectivity index (χ4n) is 3.12. The number of sulfonamides is 1. The standard InChI is InChI=1S/C24H20Cl2N4O3S/c1-15-5-7-19(8-6-15)34(31,32)30-23-24(33-14-17-4-3-9-27-12-17)29-22(13-28-23)20-10-18(25)11-21(26)16(20)2/h3-13H,14H2,1-2H3,(H,28,30). The zero-order valence-corrected chi connectivity index (χ0v) is 20.6. The summed E-state index contributed by atoms with van der Waals surface area (Å²) in [5, 5.41) is 0.917. The van der Waals surface area contributed by atoms with Gasteiger partial charge < -0.3 is 4.74 Å². The molecule has 0 amide bonds. The highest BCUT2D eigenvalue weighted by atomic mass is 35.5. The summed E-state index contributed by atoms with van der Waals surface area (Å²) in [6.45, 7) is 3.82. The monoisotopic (exact) mass is 514 g/mol. The Hall–Kier alpha value is -3.20.